The second kappa shape index (κ2) is 10.5. The van der Waals surface area contributed by atoms with E-state index in [1.54, 1.807) is 52.3 Å². The van der Waals surface area contributed by atoms with Crippen LogP contribution in [0.4, 0.5) is 0 Å². The van der Waals surface area contributed by atoms with E-state index >= 15 is 0 Å². The van der Waals surface area contributed by atoms with Gasteiger partial charge in [0.05, 0.1) is 18.7 Å². The molecule has 0 aromatic heterocycles. The topological polar surface area (TPSA) is 79.0 Å². The van der Waals surface area contributed by atoms with E-state index in [1.165, 1.54) is 0 Å². The van der Waals surface area contributed by atoms with Crippen LogP contribution in [0.15, 0.2) is 42.5 Å². The number of nitrogens with one attached hydrogen (secondary N) is 1. The number of carbonyl (C=O) groups excluding carboxylic acids is 3. The number of piperazine rings is 1. The lowest BCUT2D eigenvalue weighted by atomic mass is 10.1. The quantitative estimate of drug-likeness (QED) is 0.713. The van der Waals surface area contributed by atoms with Gasteiger partial charge in [-0.15, -0.1) is 0 Å². The number of benzene rings is 2. The van der Waals surface area contributed by atoms with Gasteiger partial charge in [-0.25, -0.2) is 0 Å². The predicted molar refractivity (Wildman–Crippen MR) is 119 cm³/mol. The zero-order chi connectivity index (χ0) is 22.4. The molecule has 1 N–H and O–H groups in total. The van der Waals surface area contributed by atoms with E-state index in [0.29, 0.717) is 59.7 Å². The van der Waals surface area contributed by atoms with E-state index in [0.717, 1.165) is 0 Å². The van der Waals surface area contributed by atoms with Gasteiger partial charge in [0.2, 0.25) is 5.91 Å². The Morgan fingerprint density at radius 3 is 2.23 bits per heavy atom. The lowest BCUT2D eigenvalue weighted by molar-refractivity contribution is -0.131. The largest absolute Gasteiger partial charge is 0.493 e. The van der Waals surface area contributed by atoms with Crippen molar-refractivity contribution < 1.29 is 19.1 Å². The molecule has 31 heavy (non-hydrogen) atoms. The van der Waals surface area contributed by atoms with Gasteiger partial charge < -0.3 is 19.9 Å². The Labute approximate surface area is 190 Å². The maximum absolute atomic E-state index is 12.7. The van der Waals surface area contributed by atoms with Gasteiger partial charge in [-0.1, -0.05) is 35.3 Å². The van der Waals surface area contributed by atoms with Gasteiger partial charge in [-0.3, -0.25) is 14.4 Å². The van der Waals surface area contributed by atoms with Crippen LogP contribution < -0.4 is 10.1 Å². The maximum Gasteiger partial charge on any atom is 0.255 e. The third-order valence-corrected chi connectivity index (χ3v) is 5.30. The van der Waals surface area contributed by atoms with Crippen LogP contribution in [0.25, 0.3) is 0 Å². The molecular formula is C22H23Cl2N3O4. The molecule has 1 aliphatic rings. The first-order chi connectivity index (χ1) is 14.9. The molecule has 2 aromatic rings. The number of carbonyl (C=O) groups is 3. The number of para-hydroxylation sites is 1. The van der Waals surface area contributed by atoms with Gasteiger partial charge in [0.1, 0.15) is 5.75 Å². The molecule has 0 saturated carbocycles. The number of ether oxygens (including phenoxy) is 1. The number of amides is 3. The molecule has 0 unspecified atom stereocenters. The lowest BCUT2D eigenvalue weighted by Gasteiger charge is -2.35. The van der Waals surface area contributed by atoms with E-state index in [9.17, 15) is 14.4 Å². The minimum atomic E-state index is -0.371. The average Bonchev–Trinajstić information content (AvgIpc) is 2.77. The molecule has 0 spiro atoms. The Hall–Kier alpha value is -2.77. The first-order valence-corrected chi connectivity index (χ1v) is 10.7. The molecule has 0 bridgehead atoms. The number of rotatable bonds is 6. The monoisotopic (exact) mass is 463 g/mol. The molecule has 2 aromatic carbocycles. The maximum atomic E-state index is 12.7. The fourth-order valence-corrected chi connectivity index (χ4v) is 3.84. The van der Waals surface area contributed by atoms with E-state index < -0.39 is 0 Å². The smallest absolute Gasteiger partial charge is 0.255 e. The highest BCUT2D eigenvalue weighted by Crippen LogP contribution is 2.21. The van der Waals surface area contributed by atoms with Crippen molar-refractivity contribution in [1.29, 1.82) is 0 Å². The van der Waals surface area contributed by atoms with Crippen LogP contribution in [0, 0.1) is 0 Å². The number of nitrogens with zero attached hydrogens (tertiary/aromatic N) is 2. The number of hydrogen-bond donors (Lipinski definition) is 1. The zero-order valence-corrected chi connectivity index (χ0v) is 18.6. The van der Waals surface area contributed by atoms with Crippen molar-refractivity contribution in [1.82, 2.24) is 15.1 Å². The van der Waals surface area contributed by atoms with Gasteiger partial charge in [-0.05, 0) is 37.3 Å². The Bertz CT molecular complexity index is 955. The first kappa shape index (κ1) is 22.9. The zero-order valence-electron chi connectivity index (χ0n) is 17.1. The van der Waals surface area contributed by atoms with Crippen molar-refractivity contribution in [2.75, 3.05) is 39.3 Å². The highest BCUT2D eigenvalue weighted by Gasteiger charge is 2.25. The molecule has 1 fully saturated rings. The molecule has 3 rings (SSSR count). The Kier molecular flexibility index (Phi) is 7.76. The van der Waals surface area contributed by atoms with E-state index in [1.807, 2.05) is 6.92 Å². The summed E-state index contributed by atoms with van der Waals surface area (Å²) in [5.41, 5.74) is 0.797. The Morgan fingerprint density at radius 1 is 0.968 bits per heavy atom. The second-order valence-electron chi connectivity index (χ2n) is 6.94. The minimum absolute atomic E-state index is 0.128. The van der Waals surface area contributed by atoms with Crippen LogP contribution in [0.3, 0.4) is 0 Å². The van der Waals surface area contributed by atoms with Gasteiger partial charge in [-0.2, -0.15) is 0 Å². The Balaban J connectivity index is 1.51. The minimum Gasteiger partial charge on any atom is -0.493 e. The van der Waals surface area contributed by atoms with Crippen molar-refractivity contribution >= 4 is 40.9 Å². The molecule has 0 radical (unpaired) electrons. The third-order valence-electron chi connectivity index (χ3n) is 4.86. The molecule has 3 amide bonds. The second-order valence-corrected chi connectivity index (χ2v) is 7.82. The summed E-state index contributed by atoms with van der Waals surface area (Å²) >= 11 is 12.0. The molecule has 0 aliphatic carbocycles. The molecule has 1 heterocycles. The van der Waals surface area contributed by atoms with Crippen LogP contribution in [-0.4, -0.2) is 66.9 Å². The van der Waals surface area contributed by atoms with Gasteiger partial charge in [0.25, 0.3) is 11.8 Å². The third kappa shape index (κ3) is 5.89. The summed E-state index contributed by atoms with van der Waals surface area (Å²) in [6, 6.07) is 11.6. The fraction of sp³-hybridized carbons (Fsp3) is 0.318. The van der Waals surface area contributed by atoms with E-state index in [4.69, 9.17) is 27.9 Å². The SMILES string of the molecule is CCOc1ccccc1C(=O)NCC(=O)N1CCN(C(=O)c2cc(Cl)cc(Cl)c2)CC1. The average molecular weight is 464 g/mol. The lowest BCUT2D eigenvalue weighted by Crippen LogP contribution is -2.52. The predicted octanol–water partition coefficient (Wildman–Crippen LogP) is 3.11. The van der Waals surface area contributed by atoms with Crippen LogP contribution in [0.5, 0.6) is 5.75 Å². The molecule has 1 saturated heterocycles. The van der Waals surface area contributed by atoms with Crippen molar-refractivity contribution in [3.05, 3.63) is 63.6 Å². The molecular weight excluding hydrogens is 441 g/mol. The molecule has 9 heteroatoms. The Morgan fingerprint density at radius 2 is 1.58 bits per heavy atom. The van der Waals surface area contributed by atoms with Crippen molar-refractivity contribution in [2.24, 2.45) is 0 Å². The summed E-state index contributed by atoms with van der Waals surface area (Å²) in [5, 5.41) is 3.44. The van der Waals surface area contributed by atoms with Crippen molar-refractivity contribution in [2.45, 2.75) is 6.92 Å². The fourth-order valence-electron chi connectivity index (χ4n) is 3.32. The van der Waals surface area contributed by atoms with E-state index in [-0.39, 0.29) is 24.3 Å². The van der Waals surface area contributed by atoms with Crippen LogP contribution in [0.1, 0.15) is 27.6 Å². The number of halogens is 2. The summed E-state index contributed by atoms with van der Waals surface area (Å²) in [7, 11) is 0. The normalized spacial score (nSPS) is 13.6. The summed E-state index contributed by atoms with van der Waals surface area (Å²) < 4.78 is 5.46. The van der Waals surface area contributed by atoms with Gasteiger partial charge in [0, 0.05) is 41.8 Å². The summed E-state index contributed by atoms with van der Waals surface area (Å²) in [6.45, 7) is 3.68. The van der Waals surface area contributed by atoms with Gasteiger partial charge >= 0.3 is 0 Å². The molecule has 164 valence electrons. The van der Waals surface area contributed by atoms with Gasteiger partial charge in [0.15, 0.2) is 0 Å². The van der Waals surface area contributed by atoms with Crippen LogP contribution >= 0.6 is 23.2 Å². The summed E-state index contributed by atoms with van der Waals surface area (Å²) in [4.78, 5) is 40.9. The van der Waals surface area contributed by atoms with E-state index in [2.05, 4.69) is 5.32 Å². The highest BCUT2D eigenvalue weighted by molar-refractivity contribution is 6.35. The standard InChI is InChI=1S/C22H23Cl2N3O4/c1-2-31-19-6-4-3-5-18(19)21(29)25-14-20(28)26-7-9-27(10-8-26)22(30)15-11-16(23)13-17(24)12-15/h3-6,11-13H,2,7-10,14H2,1H3,(H,25,29). The molecule has 0 atom stereocenters. The van der Waals surface area contributed by atoms with Crippen molar-refractivity contribution in [3.63, 3.8) is 0 Å². The highest BCUT2D eigenvalue weighted by atomic mass is 35.5. The summed E-state index contributed by atoms with van der Waals surface area (Å²) in [5.74, 6) is -0.287. The molecule has 1 aliphatic heterocycles. The van der Waals surface area contributed by atoms with Crippen LogP contribution in [-0.2, 0) is 4.79 Å². The van der Waals surface area contributed by atoms with Crippen LogP contribution in [0.2, 0.25) is 10.0 Å². The van der Waals surface area contributed by atoms with Crippen molar-refractivity contribution in [3.8, 4) is 5.75 Å². The number of hydrogen-bond acceptors (Lipinski definition) is 4. The first-order valence-electron chi connectivity index (χ1n) is 9.92. The molecule has 7 nitrogen and oxygen atoms in total. The summed E-state index contributed by atoms with van der Waals surface area (Å²) in [6.07, 6.45) is 0.